The average molecular weight is 265 g/mol. The lowest BCUT2D eigenvalue weighted by molar-refractivity contribution is -0.384. The predicted molar refractivity (Wildman–Crippen MR) is 63.3 cm³/mol. The number of rotatable bonds is 4. The van der Waals surface area contributed by atoms with Crippen LogP contribution in [0.3, 0.4) is 0 Å². The van der Waals surface area contributed by atoms with Crippen molar-refractivity contribution in [2.75, 3.05) is 11.9 Å². The van der Waals surface area contributed by atoms with Gasteiger partial charge in [0.05, 0.1) is 27.3 Å². The van der Waals surface area contributed by atoms with E-state index in [1.807, 2.05) is 0 Å². The molecule has 0 radical (unpaired) electrons. The van der Waals surface area contributed by atoms with Crippen molar-refractivity contribution in [2.45, 2.75) is 13.0 Å². The van der Waals surface area contributed by atoms with Gasteiger partial charge in [0.2, 0.25) is 0 Å². The van der Waals surface area contributed by atoms with Crippen molar-refractivity contribution in [3.63, 3.8) is 0 Å². The number of halogens is 2. The Balaban J connectivity index is 3.07. The molecule has 0 aromatic heterocycles. The zero-order valence-electron chi connectivity index (χ0n) is 8.41. The number of nitro groups is 1. The minimum Gasteiger partial charge on any atom is -0.394 e. The van der Waals surface area contributed by atoms with Crippen LogP contribution in [-0.4, -0.2) is 22.7 Å². The molecule has 0 heterocycles. The lowest BCUT2D eigenvalue weighted by Gasteiger charge is -2.14. The van der Waals surface area contributed by atoms with E-state index in [-0.39, 0.29) is 28.4 Å². The standard InChI is InChI=1S/C9H10Cl2N2O3/c1-5(4-14)12-9-7(10)2-6(13(15)16)3-8(9)11/h2-3,5,12,14H,4H2,1H3/t5-/m0/s1. The number of aliphatic hydroxyl groups excluding tert-OH is 1. The van der Waals surface area contributed by atoms with E-state index in [9.17, 15) is 10.1 Å². The van der Waals surface area contributed by atoms with Crippen LogP contribution in [0.1, 0.15) is 6.92 Å². The highest BCUT2D eigenvalue weighted by atomic mass is 35.5. The highest BCUT2D eigenvalue weighted by Crippen LogP contribution is 2.34. The van der Waals surface area contributed by atoms with E-state index < -0.39 is 4.92 Å². The molecule has 0 amide bonds. The van der Waals surface area contributed by atoms with Crippen molar-refractivity contribution in [2.24, 2.45) is 0 Å². The molecule has 0 fully saturated rings. The highest BCUT2D eigenvalue weighted by Gasteiger charge is 2.15. The number of nitro benzene ring substituents is 1. The van der Waals surface area contributed by atoms with Gasteiger partial charge in [0, 0.05) is 18.2 Å². The van der Waals surface area contributed by atoms with Crippen LogP contribution in [0.15, 0.2) is 12.1 Å². The van der Waals surface area contributed by atoms with Crippen molar-refractivity contribution >= 4 is 34.6 Å². The molecule has 0 spiro atoms. The summed E-state index contributed by atoms with van der Waals surface area (Å²) in [5.74, 6) is 0. The van der Waals surface area contributed by atoms with Crippen molar-refractivity contribution < 1.29 is 10.0 Å². The largest absolute Gasteiger partial charge is 0.394 e. The first kappa shape index (κ1) is 13.0. The van der Waals surface area contributed by atoms with Gasteiger partial charge in [-0.05, 0) is 6.92 Å². The molecule has 0 aliphatic carbocycles. The summed E-state index contributed by atoms with van der Waals surface area (Å²) in [7, 11) is 0. The van der Waals surface area contributed by atoms with Crippen molar-refractivity contribution in [1.82, 2.24) is 0 Å². The fraction of sp³-hybridized carbons (Fsp3) is 0.333. The van der Waals surface area contributed by atoms with Crippen LogP contribution in [0.25, 0.3) is 0 Å². The second-order valence-corrected chi connectivity index (χ2v) is 4.08. The van der Waals surface area contributed by atoms with Gasteiger partial charge >= 0.3 is 0 Å². The zero-order chi connectivity index (χ0) is 12.3. The van der Waals surface area contributed by atoms with Gasteiger partial charge < -0.3 is 10.4 Å². The monoisotopic (exact) mass is 264 g/mol. The van der Waals surface area contributed by atoms with Gasteiger partial charge in [-0.2, -0.15) is 0 Å². The second-order valence-electron chi connectivity index (χ2n) is 3.27. The lowest BCUT2D eigenvalue weighted by atomic mass is 10.2. The van der Waals surface area contributed by atoms with Crippen LogP contribution in [-0.2, 0) is 0 Å². The molecule has 1 rings (SSSR count). The molecular formula is C9H10Cl2N2O3. The fourth-order valence-corrected chi connectivity index (χ4v) is 1.68. The molecule has 0 unspecified atom stereocenters. The Morgan fingerprint density at radius 1 is 1.50 bits per heavy atom. The summed E-state index contributed by atoms with van der Waals surface area (Å²) in [6, 6.07) is 2.18. The summed E-state index contributed by atoms with van der Waals surface area (Å²) in [4.78, 5) is 9.95. The summed E-state index contributed by atoms with van der Waals surface area (Å²) < 4.78 is 0. The third-order valence-corrected chi connectivity index (χ3v) is 2.50. The second kappa shape index (κ2) is 5.34. The first-order valence-electron chi connectivity index (χ1n) is 4.46. The van der Waals surface area contributed by atoms with E-state index in [1.165, 1.54) is 12.1 Å². The maximum absolute atomic E-state index is 10.5. The number of nitrogens with zero attached hydrogens (tertiary/aromatic N) is 1. The Kier molecular flexibility index (Phi) is 4.35. The third-order valence-electron chi connectivity index (χ3n) is 1.90. The number of aliphatic hydroxyl groups is 1. The molecule has 0 aliphatic heterocycles. The van der Waals surface area contributed by atoms with Gasteiger partial charge in [0.1, 0.15) is 0 Å². The molecule has 0 saturated heterocycles. The molecule has 0 saturated carbocycles. The van der Waals surface area contributed by atoms with E-state index in [0.717, 1.165) is 0 Å². The van der Waals surface area contributed by atoms with E-state index in [0.29, 0.717) is 5.69 Å². The van der Waals surface area contributed by atoms with Gasteiger partial charge in [0.15, 0.2) is 0 Å². The normalized spacial score (nSPS) is 12.2. The van der Waals surface area contributed by atoms with Crippen molar-refractivity contribution in [3.8, 4) is 0 Å². The van der Waals surface area contributed by atoms with Gasteiger partial charge in [-0.1, -0.05) is 23.2 Å². The SMILES string of the molecule is C[C@@H](CO)Nc1c(Cl)cc([N+](=O)[O-])cc1Cl. The number of benzene rings is 1. The predicted octanol–water partition coefficient (Wildman–Crippen LogP) is 2.69. The summed E-state index contributed by atoms with van der Waals surface area (Å²) in [6.07, 6.45) is 0. The number of nitrogens with one attached hydrogen (secondary N) is 1. The fourth-order valence-electron chi connectivity index (χ4n) is 1.10. The quantitative estimate of drug-likeness (QED) is 0.648. The van der Waals surface area contributed by atoms with E-state index >= 15 is 0 Å². The summed E-state index contributed by atoms with van der Waals surface area (Å²) in [5, 5.41) is 22.5. The average Bonchev–Trinajstić information content (AvgIpc) is 2.22. The molecule has 5 nitrogen and oxygen atoms in total. The van der Waals surface area contributed by atoms with E-state index in [2.05, 4.69) is 5.32 Å². The van der Waals surface area contributed by atoms with Crippen LogP contribution in [0, 0.1) is 10.1 Å². The van der Waals surface area contributed by atoms with Crippen LogP contribution in [0.5, 0.6) is 0 Å². The molecule has 0 bridgehead atoms. The van der Waals surface area contributed by atoms with Gasteiger partial charge in [0.25, 0.3) is 5.69 Å². The van der Waals surface area contributed by atoms with Crippen LogP contribution in [0.4, 0.5) is 11.4 Å². The van der Waals surface area contributed by atoms with Crippen LogP contribution >= 0.6 is 23.2 Å². The molecule has 1 aromatic rings. The molecular weight excluding hydrogens is 255 g/mol. The molecule has 2 N–H and O–H groups in total. The van der Waals surface area contributed by atoms with Crippen LogP contribution in [0.2, 0.25) is 10.0 Å². The number of hydrogen-bond donors (Lipinski definition) is 2. The Hall–Kier alpha value is -1.04. The Morgan fingerprint density at radius 2 is 2.00 bits per heavy atom. The molecule has 0 aliphatic rings. The Labute approximate surface area is 102 Å². The minimum absolute atomic E-state index is 0.0936. The number of anilines is 1. The van der Waals surface area contributed by atoms with E-state index in [1.54, 1.807) is 6.92 Å². The van der Waals surface area contributed by atoms with Crippen LogP contribution < -0.4 is 5.32 Å². The molecule has 88 valence electrons. The number of non-ortho nitro benzene ring substituents is 1. The lowest BCUT2D eigenvalue weighted by Crippen LogP contribution is -2.19. The summed E-state index contributed by atoms with van der Waals surface area (Å²) in [5.41, 5.74) is 0.215. The Bertz CT molecular complexity index is 389. The first-order chi connectivity index (χ1) is 7.45. The zero-order valence-corrected chi connectivity index (χ0v) is 9.92. The number of hydrogen-bond acceptors (Lipinski definition) is 4. The minimum atomic E-state index is -0.572. The van der Waals surface area contributed by atoms with Crippen molar-refractivity contribution in [3.05, 3.63) is 32.3 Å². The first-order valence-corrected chi connectivity index (χ1v) is 5.22. The molecule has 16 heavy (non-hydrogen) atoms. The van der Waals surface area contributed by atoms with E-state index in [4.69, 9.17) is 28.3 Å². The molecule has 1 atom stereocenters. The highest BCUT2D eigenvalue weighted by molar-refractivity contribution is 6.39. The smallest absolute Gasteiger partial charge is 0.272 e. The summed E-state index contributed by atoms with van der Waals surface area (Å²) >= 11 is 11.7. The van der Waals surface area contributed by atoms with Gasteiger partial charge in [-0.25, -0.2) is 0 Å². The van der Waals surface area contributed by atoms with Gasteiger partial charge in [-0.3, -0.25) is 10.1 Å². The van der Waals surface area contributed by atoms with Crippen molar-refractivity contribution in [1.29, 1.82) is 0 Å². The van der Waals surface area contributed by atoms with Gasteiger partial charge in [-0.15, -0.1) is 0 Å². The maximum atomic E-state index is 10.5. The summed E-state index contributed by atoms with van der Waals surface area (Å²) in [6.45, 7) is 1.64. The maximum Gasteiger partial charge on any atom is 0.272 e. The topological polar surface area (TPSA) is 75.4 Å². The third kappa shape index (κ3) is 2.98. The molecule has 7 heteroatoms. The Morgan fingerprint density at radius 3 is 2.38 bits per heavy atom. The molecule has 1 aromatic carbocycles.